The monoisotopic (exact) mass is 370 g/mol. The van der Waals surface area contributed by atoms with Crippen LogP contribution in [0.2, 0.25) is 0 Å². The third-order valence-corrected chi connectivity index (χ3v) is 4.83. The number of nitriles is 1. The van der Waals surface area contributed by atoms with Gasteiger partial charge in [0.2, 0.25) is 0 Å². The van der Waals surface area contributed by atoms with Gasteiger partial charge in [0.1, 0.15) is 17.6 Å². The maximum Gasteiger partial charge on any atom is 0.170 e. The maximum absolute atomic E-state index is 12.1. The van der Waals surface area contributed by atoms with E-state index in [1.807, 2.05) is 37.3 Å². The summed E-state index contributed by atoms with van der Waals surface area (Å²) in [5.41, 5.74) is 3.86. The molecule has 0 N–H and O–H groups in total. The highest BCUT2D eigenvalue weighted by Crippen LogP contribution is 2.38. The van der Waals surface area contributed by atoms with Crippen molar-refractivity contribution < 1.29 is 14.3 Å². The normalized spacial score (nSPS) is 13.8. The maximum atomic E-state index is 12.1. The Balaban J connectivity index is 1.74. The van der Waals surface area contributed by atoms with Crippen LogP contribution in [0.1, 0.15) is 45.1 Å². The molecular weight excluding hydrogens is 352 g/mol. The Morgan fingerprint density at radius 2 is 1.79 bits per heavy atom. The Bertz CT molecular complexity index is 1050. The van der Waals surface area contributed by atoms with Gasteiger partial charge in [-0.15, -0.1) is 0 Å². The second kappa shape index (κ2) is 7.53. The first-order chi connectivity index (χ1) is 13.7. The molecule has 0 amide bonds. The third-order valence-electron chi connectivity index (χ3n) is 4.83. The van der Waals surface area contributed by atoms with Crippen LogP contribution in [0.15, 0.2) is 60.9 Å². The Morgan fingerprint density at radius 1 is 1.07 bits per heavy atom. The summed E-state index contributed by atoms with van der Waals surface area (Å²) < 4.78 is 12.1. The van der Waals surface area contributed by atoms with E-state index in [1.54, 1.807) is 30.6 Å². The standard InChI is InChI=1S/C23H18N2O3/c1-15-21(7-6-19-20(26)10-13-27-22(15)19)28-23(18-8-11-25-12-9-18)17-4-2-16(14-24)3-5-17/h2-9,11-12,23H,10,13H2,1H3/t23-/m1/s1. The average Bonchev–Trinajstić information content (AvgIpc) is 2.75. The SMILES string of the molecule is Cc1c(O[C@@H](c2ccncc2)c2ccc(C#N)cc2)ccc2c1OCCC2=O. The molecule has 2 aromatic carbocycles. The molecule has 2 heterocycles. The summed E-state index contributed by atoms with van der Waals surface area (Å²) in [5.74, 6) is 1.34. The minimum absolute atomic E-state index is 0.0914. The Hall–Kier alpha value is -3.65. The predicted octanol–water partition coefficient (Wildman–Crippen LogP) is 4.40. The minimum atomic E-state index is -0.383. The van der Waals surface area contributed by atoms with E-state index < -0.39 is 0 Å². The first kappa shape index (κ1) is 17.7. The summed E-state index contributed by atoms with van der Waals surface area (Å²) in [6.45, 7) is 2.29. The largest absolute Gasteiger partial charge is 0.492 e. The highest BCUT2D eigenvalue weighted by atomic mass is 16.5. The molecule has 5 heteroatoms. The zero-order valence-corrected chi connectivity index (χ0v) is 15.4. The smallest absolute Gasteiger partial charge is 0.170 e. The quantitative estimate of drug-likeness (QED) is 0.681. The second-order valence-electron chi connectivity index (χ2n) is 6.60. The van der Waals surface area contributed by atoms with Gasteiger partial charge < -0.3 is 9.47 Å². The van der Waals surface area contributed by atoms with Crippen molar-refractivity contribution in [1.82, 2.24) is 4.98 Å². The number of carbonyl (C=O) groups is 1. The van der Waals surface area contributed by atoms with E-state index >= 15 is 0 Å². The van der Waals surface area contributed by atoms with Gasteiger partial charge in [0.25, 0.3) is 0 Å². The van der Waals surface area contributed by atoms with Crippen molar-refractivity contribution in [2.45, 2.75) is 19.4 Å². The number of benzene rings is 2. The van der Waals surface area contributed by atoms with Gasteiger partial charge in [0.05, 0.1) is 23.8 Å². The molecule has 4 rings (SSSR count). The minimum Gasteiger partial charge on any atom is -0.492 e. The first-order valence-electron chi connectivity index (χ1n) is 9.03. The lowest BCUT2D eigenvalue weighted by molar-refractivity contribution is 0.0932. The van der Waals surface area contributed by atoms with E-state index in [0.717, 1.165) is 16.7 Å². The summed E-state index contributed by atoms with van der Waals surface area (Å²) in [4.78, 5) is 16.2. The fourth-order valence-corrected chi connectivity index (χ4v) is 3.31. The Labute approximate surface area is 163 Å². The second-order valence-corrected chi connectivity index (χ2v) is 6.60. The van der Waals surface area contributed by atoms with Crippen LogP contribution in [0.5, 0.6) is 11.5 Å². The number of pyridine rings is 1. The third kappa shape index (κ3) is 3.33. The van der Waals surface area contributed by atoms with E-state index in [-0.39, 0.29) is 11.9 Å². The van der Waals surface area contributed by atoms with Gasteiger partial charge in [-0.2, -0.15) is 5.26 Å². The molecular formula is C23H18N2O3. The molecule has 0 spiro atoms. The molecule has 5 nitrogen and oxygen atoms in total. The molecule has 0 aliphatic carbocycles. The van der Waals surface area contributed by atoms with E-state index in [1.165, 1.54) is 0 Å². The van der Waals surface area contributed by atoms with Crippen molar-refractivity contribution in [3.63, 3.8) is 0 Å². The van der Waals surface area contributed by atoms with Crippen LogP contribution < -0.4 is 9.47 Å². The summed E-state index contributed by atoms with van der Waals surface area (Å²) in [7, 11) is 0. The highest BCUT2D eigenvalue weighted by Gasteiger charge is 2.24. The number of fused-ring (bicyclic) bond motifs is 1. The number of carbonyl (C=O) groups excluding carboxylic acids is 1. The zero-order valence-electron chi connectivity index (χ0n) is 15.4. The summed E-state index contributed by atoms with van der Waals surface area (Å²) in [6.07, 6.45) is 3.46. The van der Waals surface area contributed by atoms with Crippen LogP contribution in [0, 0.1) is 18.3 Å². The van der Waals surface area contributed by atoms with Crippen LogP contribution >= 0.6 is 0 Å². The topological polar surface area (TPSA) is 72.2 Å². The number of ether oxygens (including phenoxy) is 2. The van der Waals surface area contributed by atoms with Crippen molar-refractivity contribution >= 4 is 5.78 Å². The molecule has 1 aliphatic rings. The highest BCUT2D eigenvalue weighted by molar-refractivity contribution is 6.00. The van der Waals surface area contributed by atoms with Crippen LogP contribution in [0.3, 0.4) is 0 Å². The van der Waals surface area contributed by atoms with Gasteiger partial charge >= 0.3 is 0 Å². The van der Waals surface area contributed by atoms with Crippen molar-refractivity contribution in [1.29, 1.82) is 5.26 Å². The van der Waals surface area contributed by atoms with Gasteiger partial charge in [-0.1, -0.05) is 12.1 Å². The Kier molecular flexibility index (Phi) is 4.77. The fourth-order valence-electron chi connectivity index (χ4n) is 3.31. The van der Waals surface area contributed by atoms with Crippen molar-refractivity contribution in [2.24, 2.45) is 0 Å². The number of rotatable bonds is 4. The number of nitrogens with zero attached hydrogens (tertiary/aromatic N) is 2. The van der Waals surface area contributed by atoms with Crippen LogP contribution in [-0.2, 0) is 0 Å². The lowest BCUT2D eigenvalue weighted by Gasteiger charge is -2.24. The fraction of sp³-hybridized carbons (Fsp3) is 0.174. The number of hydrogen-bond acceptors (Lipinski definition) is 5. The summed E-state index contributed by atoms with van der Waals surface area (Å²) >= 11 is 0. The zero-order chi connectivity index (χ0) is 19.5. The number of Topliss-reactive ketones (excluding diaryl/α,β-unsaturated/α-hetero) is 1. The molecule has 0 saturated carbocycles. The number of hydrogen-bond donors (Lipinski definition) is 0. The number of ketones is 1. The van der Waals surface area contributed by atoms with E-state index in [4.69, 9.17) is 14.7 Å². The molecule has 1 atom stereocenters. The Morgan fingerprint density at radius 3 is 2.50 bits per heavy atom. The summed E-state index contributed by atoms with van der Waals surface area (Å²) in [5, 5.41) is 9.06. The lowest BCUT2D eigenvalue weighted by Crippen LogP contribution is -2.17. The first-order valence-corrected chi connectivity index (χ1v) is 9.03. The van der Waals surface area contributed by atoms with E-state index in [9.17, 15) is 4.79 Å². The van der Waals surface area contributed by atoms with E-state index in [2.05, 4.69) is 11.1 Å². The molecule has 138 valence electrons. The molecule has 28 heavy (non-hydrogen) atoms. The van der Waals surface area contributed by atoms with Crippen LogP contribution in [0.25, 0.3) is 0 Å². The molecule has 0 radical (unpaired) electrons. The van der Waals surface area contributed by atoms with Crippen molar-refractivity contribution in [2.75, 3.05) is 6.61 Å². The van der Waals surface area contributed by atoms with Gasteiger partial charge in [0.15, 0.2) is 5.78 Å². The molecule has 0 unspecified atom stereocenters. The molecule has 1 aromatic heterocycles. The predicted molar refractivity (Wildman–Crippen MR) is 103 cm³/mol. The summed E-state index contributed by atoms with van der Waals surface area (Å²) in [6, 6.07) is 16.8. The molecule has 1 aliphatic heterocycles. The molecule has 0 bridgehead atoms. The van der Waals surface area contributed by atoms with Gasteiger partial charge in [-0.05, 0) is 54.4 Å². The van der Waals surface area contributed by atoms with Gasteiger partial charge in [-0.3, -0.25) is 9.78 Å². The lowest BCUT2D eigenvalue weighted by atomic mass is 9.99. The van der Waals surface area contributed by atoms with Crippen LogP contribution in [-0.4, -0.2) is 17.4 Å². The van der Waals surface area contributed by atoms with E-state index in [0.29, 0.717) is 35.7 Å². The van der Waals surface area contributed by atoms with Gasteiger partial charge in [0, 0.05) is 24.4 Å². The number of aromatic nitrogens is 1. The molecule has 0 fully saturated rings. The van der Waals surface area contributed by atoms with Gasteiger partial charge in [-0.25, -0.2) is 0 Å². The molecule has 0 saturated heterocycles. The molecule has 3 aromatic rings. The van der Waals surface area contributed by atoms with Crippen molar-refractivity contribution in [3.05, 3.63) is 88.7 Å². The van der Waals surface area contributed by atoms with Crippen molar-refractivity contribution in [3.8, 4) is 17.6 Å². The van der Waals surface area contributed by atoms with Crippen LogP contribution in [0.4, 0.5) is 0 Å². The average molecular weight is 370 g/mol.